The van der Waals surface area contributed by atoms with E-state index in [4.69, 9.17) is 14.2 Å². The zero-order valence-corrected chi connectivity index (χ0v) is 19.2. The molecule has 0 unspecified atom stereocenters. The molecule has 0 aliphatic rings. The highest BCUT2D eigenvalue weighted by atomic mass is 32.2. The van der Waals surface area contributed by atoms with Gasteiger partial charge in [-0.05, 0) is 12.1 Å². The van der Waals surface area contributed by atoms with Crippen LogP contribution in [-0.4, -0.2) is 39.5 Å². The van der Waals surface area contributed by atoms with Crippen LogP contribution >= 0.6 is 0 Å². The average molecular weight is 466 g/mol. The molecule has 0 saturated carbocycles. The van der Waals surface area contributed by atoms with E-state index in [9.17, 15) is 8.42 Å². The molecule has 0 aliphatic heterocycles. The maximum absolute atomic E-state index is 13.5. The van der Waals surface area contributed by atoms with E-state index in [-0.39, 0.29) is 10.6 Å². The van der Waals surface area contributed by atoms with E-state index >= 15 is 0 Å². The molecular weight excluding hydrogens is 442 g/mol. The molecule has 0 fully saturated rings. The summed E-state index contributed by atoms with van der Waals surface area (Å²) in [6.07, 6.45) is 1.50. The molecule has 0 bridgehead atoms. The number of ether oxygens (including phenoxy) is 3. The van der Waals surface area contributed by atoms with Gasteiger partial charge in [0.2, 0.25) is 5.75 Å². The molecule has 8 nitrogen and oxygen atoms in total. The highest BCUT2D eigenvalue weighted by Crippen LogP contribution is 2.40. The Kier molecular flexibility index (Phi) is 6.23. The maximum Gasteiger partial charge on any atom is 0.265 e. The van der Waals surface area contributed by atoms with Crippen LogP contribution in [0.4, 0.5) is 5.69 Å². The molecule has 0 aliphatic carbocycles. The van der Waals surface area contributed by atoms with Crippen molar-refractivity contribution in [2.75, 3.05) is 26.1 Å². The second-order valence-corrected chi connectivity index (χ2v) is 8.66. The van der Waals surface area contributed by atoms with Crippen molar-refractivity contribution in [3.8, 4) is 34.2 Å². The first-order valence-corrected chi connectivity index (χ1v) is 11.5. The van der Waals surface area contributed by atoms with Gasteiger partial charge in [0.15, 0.2) is 11.5 Å². The van der Waals surface area contributed by atoms with Gasteiger partial charge in [0.05, 0.1) is 38.9 Å². The Morgan fingerprint density at radius 2 is 1.39 bits per heavy atom. The number of anilines is 1. The zero-order valence-electron chi connectivity index (χ0n) is 18.3. The minimum Gasteiger partial charge on any atom is -0.493 e. The summed E-state index contributed by atoms with van der Waals surface area (Å²) in [6, 6.07) is 21.5. The van der Waals surface area contributed by atoms with Crippen molar-refractivity contribution in [2.45, 2.75) is 4.90 Å². The molecule has 4 rings (SSSR count). The number of hydrogen-bond acceptors (Lipinski definition) is 6. The summed E-state index contributed by atoms with van der Waals surface area (Å²) < 4.78 is 47.2. The van der Waals surface area contributed by atoms with Crippen molar-refractivity contribution in [3.05, 3.63) is 79.0 Å². The molecule has 33 heavy (non-hydrogen) atoms. The van der Waals surface area contributed by atoms with Crippen molar-refractivity contribution in [1.82, 2.24) is 9.78 Å². The summed E-state index contributed by atoms with van der Waals surface area (Å²) in [5.74, 6) is 1.03. The third-order valence-corrected chi connectivity index (χ3v) is 6.34. The number of nitrogens with zero attached hydrogens (tertiary/aromatic N) is 2. The lowest BCUT2D eigenvalue weighted by atomic mass is 10.2. The lowest BCUT2D eigenvalue weighted by Gasteiger charge is -2.15. The minimum atomic E-state index is -4.03. The van der Waals surface area contributed by atoms with Gasteiger partial charge in [0.25, 0.3) is 10.0 Å². The fourth-order valence-corrected chi connectivity index (χ4v) is 4.60. The molecule has 170 valence electrons. The molecule has 0 radical (unpaired) electrons. The van der Waals surface area contributed by atoms with Gasteiger partial charge in [-0.1, -0.05) is 48.5 Å². The summed E-state index contributed by atoms with van der Waals surface area (Å²) in [4.78, 5) is 0.0336. The molecule has 9 heteroatoms. The number of para-hydroxylation sites is 1. The van der Waals surface area contributed by atoms with E-state index in [1.54, 1.807) is 4.68 Å². The first-order valence-electron chi connectivity index (χ1n) is 10.00. The highest BCUT2D eigenvalue weighted by Gasteiger charge is 2.25. The van der Waals surface area contributed by atoms with Crippen molar-refractivity contribution in [3.63, 3.8) is 0 Å². The standard InChI is InChI=1S/C24H23N3O5S/c1-30-20-14-18(15-21(31-2)24(20)32-3)26-33(28,29)22-16-27(19-12-8-5-9-13-19)25-23(22)17-10-6-4-7-11-17/h4-16,26H,1-3H3. The molecule has 0 atom stereocenters. The first kappa shape index (κ1) is 22.2. The molecule has 1 heterocycles. The summed E-state index contributed by atoms with van der Waals surface area (Å²) in [7, 11) is 0.377. The van der Waals surface area contributed by atoms with Crippen LogP contribution in [0.3, 0.4) is 0 Å². The molecule has 0 saturated heterocycles. The number of aromatic nitrogens is 2. The van der Waals surface area contributed by atoms with Crippen LogP contribution in [0.1, 0.15) is 0 Å². The second kappa shape index (κ2) is 9.25. The fourth-order valence-electron chi connectivity index (χ4n) is 3.41. The zero-order chi connectivity index (χ0) is 23.4. The summed E-state index contributed by atoms with van der Waals surface area (Å²) in [5, 5.41) is 4.58. The van der Waals surface area contributed by atoms with Crippen LogP contribution in [0.25, 0.3) is 16.9 Å². The molecule has 0 amide bonds. The van der Waals surface area contributed by atoms with Crippen molar-refractivity contribution in [2.24, 2.45) is 0 Å². The van der Waals surface area contributed by atoms with Gasteiger partial charge in [0.1, 0.15) is 10.6 Å². The average Bonchev–Trinajstić information content (AvgIpc) is 3.31. The lowest BCUT2D eigenvalue weighted by Crippen LogP contribution is -2.13. The molecule has 3 aromatic carbocycles. The first-order chi connectivity index (χ1) is 16.0. The van der Waals surface area contributed by atoms with Crippen LogP contribution in [0, 0.1) is 0 Å². The maximum atomic E-state index is 13.5. The topological polar surface area (TPSA) is 91.7 Å². The predicted octanol–water partition coefficient (Wildman–Crippen LogP) is 4.37. The smallest absolute Gasteiger partial charge is 0.265 e. The molecular formula is C24H23N3O5S. The van der Waals surface area contributed by atoms with Crippen LogP contribution < -0.4 is 18.9 Å². The Hall–Kier alpha value is -3.98. The van der Waals surface area contributed by atoms with E-state index in [0.717, 1.165) is 5.69 Å². The van der Waals surface area contributed by atoms with Crippen LogP contribution in [0.5, 0.6) is 17.2 Å². The highest BCUT2D eigenvalue weighted by molar-refractivity contribution is 7.92. The van der Waals surface area contributed by atoms with E-state index in [1.807, 2.05) is 60.7 Å². The van der Waals surface area contributed by atoms with E-state index < -0.39 is 10.0 Å². The molecule has 4 aromatic rings. The summed E-state index contributed by atoms with van der Waals surface area (Å²) in [5.41, 5.74) is 2.01. The Morgan fingerprint density at radius 3 is 1.94 bits per heavy atom. The van der Waals surface area contributed by atoms with E-state index in [2.05, 4.69) is 9.82 Å². The Balaban J connectivity index is 1.82. The molecule has 1 N–H and O–H groups in total. The Labute approximate surface area is 192 Å². The largest absolute Gasteiger partial charge is 0.493 e. The van der Waals surface area contributed by atoms with Gasteiger partial charge in [-0.25, -0.2) is 13.1 Å². The summed E-state index contributed by atoms with van der Waals surface area (Å²) >= 11 is 0. The molecule has 1 aromatic heterocycles. The van der Waals surface area contributed by atoms with Gasteiger partial charge in [-0.3, -0.25) is 4.72 Å². The Morgan fingerprint density at radius 1 is 0.818 bits per heavy atom. The van der Waals surface area contributed by atoms with Crippen LogP contribution in [0.15, 0.2) is 83.9 Å². The third kappa shape index (κ3) is 4.49. The van der Waals surface area contributed by atoms with Crippen LogP contribution in [0.2, 0.25) is 0 Å². The van der Waals surface area contributed by atoms with Crippen molar-refractivity contribution >= 4 is 15.7 Å². The normalized spacial score (nSPS) is 11.1. The lowest BCUT2D eigenvalue weighted by molar-refractivity contribution is 0.325. The number of rotatable bonds is 8. The third-order valence-electron chi connectivity index (χ3n) is 4.96. The van der Waals surface area contributed by atoms with Crippen molar-refractivity contribution in [1.29, 1.82) is 0 Å². The number of benzene rings is 3. The van der Waals surface area contributed by atoms with Gasteiger partial charge in [-0.2, -0.15) is 5.10 Å². The van der Waals surface area contributed by atoms with E-state index in [0.29, 0.717) is 28.5 Å². The van der Waals surface area contributed by atoms with E-state index in [1.165, 1.54) is 39.7 Å². The van der Waals surface area contributed by atoms with Gasteiger partial charge < -0.3 is 14.2 Å². The predicted molar refractivity (Wildman–Crippen MR) is 126 cm³/mol. The van der Waals surface area contributed by atoms with Gasteiger partial charge in [-0.15, -0.1) is 0 Å². The van der Waals surface area contributed by atoms with Gasteiger partial charge >= 0.3 is 0 Å². The monoisotopic (exact) mass is 465 g/mol. The van der Waals surface area contributed by atoms with Gasteiger partial charge in [0, 0.05) is 17.7 Å². The second-order valence-electron chi connectivity index (χ2n) is 7.01. The number of nitrogens with one attached hydrogen (secondary N) is 1. The number of methoxy groups -OCH3 is 3. The van der Waals surface area contributed by atoms with Crippen LogP contribution in [-0.2, 0) is 10.0 Å². The van der Waals surface area contributed by atoms with Crippen molar-refractivity contribution < 1.29 is 22.6 Å². The molecule has 0 spiro atoms. The summed E-state index contributed by atoms with van der Waals surface area (Å²) in [6.45, 7) is 0. The quantitative estimate of drug-likeness (QED) is 0.416. The SMILES string of the molecule is COc1cc(NS(=O)(=O)c2cn(-c3ccccc3)nc2-c2ccccc2)cc(OC)c1OC. The number of sulfonamides is 1. The minimum absolute atomic E-state index is 0.0336. The number of hydrogen-bond donors (Lipinski definition) is 1. The fraction of sp³-hybridized carbons (Fsp3) is 0.125. The Bertz CT molecular complexity index is 1330.